The van der Waals surface area contributed by atoms with E-state index in [-0.39, 0.29) is 11.7 Å². The van der Waals surface area contributed by atoms with Crippen LogP contribution in [0.5, 0.6) is 11.5 Å². The van der Waals surface area contributed by atoms with Crippen LogP contribution < -0.4 is 19.7 Å². The minimum Gasteiger partial charge on any atom is -0.486 e. The van der Waals surface area contributed by atoms with E-state index < -0.39 is 0 Å². The highest BCUT2D eigenvalue weighted by Crippen LogP contribution is 2.38. The summed E-state index contributed by atoms with van der Waals surface area (Å²) in [6.45, 7) is 2.86. The van der Waals surface area contributed by atoms with Gasteiger partial charge < -0.3 is 19.7 Å². The van der Waals surface area contributed by atoms with Gasteiger partial charge in [0.25, 0.3) is 0 Å². The first kappa shape index (κ1) is 21.9. The number of amides is 1. The topological polar surface area (TPSA) is 81.5 Å². The van der Waals surface area contributed by atoms with Gasteiger partial charge in [-0.1, -0.05) is 41.6 Å². The number of carbonyl (C=O) groups excluding carboxylic acids is 1. The minimum absolute atomic E-state index is 0.162. The Balaban J connectivity index is 1.32. The second-order valence-corrected chi connectivity index (χ2v) is 9.16. The van der Waals surface area contributed by atoms with Crippen LogP contribution in [0.4, 0.5) is 11.6 Å². The number of aromatic nitrogens is 3. The second-order valence-electron chi connectivity index (χ2n) is 7.81. The van der Waals surface area contributed by atoms with Gasteiger partial charge in [0.05, 0.1) is 22.2 Å². The highest BCUT2D eigenvalue weighted by atomic mass is 35.5. The zero-order valence-electron chi connectivity index (χ0n) is 18.0. The van der Waals surface area contributed by atoms with Crippen LogP contribution in [0.1, 0.15) is 19.3 Å². The van der Waals surface area contributed by atoms with Crippen LogP contribution in [0, 0.1) is 0 Å². The van der Waals surface area contributed by atoms with Crippen LogP contribution in [0.3, 0.4) is 0 Å². The molecule has 1 N–H and O–H groups in total. The van der Waals surface area contributed by atoms with Gasteiger partial charge in [-0.3, -0.25) is 9.36 Å². The van der Waals surface area contributed by atoms with E-state index in [0.29, 0.717) is 40.6 Å². The van der Waals surface area contributed by atoms with Crippen molar-refractivity contribution >= 4 is 40.9 Å². The number of benzene rings is 2. The first-order valence-corrected chi connectivity index (χ1v) is 12.3. The lowest BCUT2D eigenvalue weighted by molar-refractivity contribution is -0.113. The molecule has 1 fully saturated rings. The Morgan fingerprint density at radius 3 is 2.52 bits per heavy atom. The Hall–Kier alpha value is -2.91. The first-order chi connectivity index (χ1) is 16.2. The quantitative estimate of drug-likeness (QED) is 0.518. The fourth-order valence-electron chi connectivity index (χ4n) is 3.93. The van der Waals surface area contributed by atoms with Gasteiger partial charge in [0, 0.05) is 25.2 Å². The molecule has 3 aromatic rings. The summed E-state index contributed by atoms with van der Waals surface area (Å²) in [6, 6.07) is 13.4. The minimum atomic E-state index is -0.194. The first-order valence-electron chi connectivity index (χ1n) is 11.0. The molecule has 0 spiro atoms. The van der Waals surface area contributed by atoms with Crippen LogP contribution in [0.15, 0.2) is 47.6 Å². The number of ether oxygens (including phenoxy) is 2. The molecule has 0 bridgehead atoms. The third kappa shape index (κ3) is 4.89. The maximum Gasteiger partial charge on any atom is 0.234 e. The molecule has 1 amide bonds. The lowest BCUT2D eigenvalue weighted by atomic mass is 10.1. The number of fused-ring (bicyclic) bond motifs is 1. The summed E-state index contributed by atoms with van der Waals surface area (Å²) in [5.74, 6) is 1.94. The molecular weight excluding hydrogens is 462 g/mol. The average Bonchev–Trinajstić information content (AvgIpc) is 3.28. The molecule has 3 heterocycles. The molecule has 2 aliphatic rings. The monoisotopic (exact) mass is 485 g/mol. The van der Waals surface area contributed by atoms with Crippen LogP contribution >= 0.6 is 23.4 Å². The van der Waals surface area contributed by atoms with Gasteiger partial charge in [-0.05, 0) is 31.4 Å². The lowest BCUT2D eigenvalue weighted by Gasteiger charge is -2.27. The summed E-state index contributed by atoms with van der Waals surface area (Å²) in [5, 5.41) is 12.8. The van der Waals surface area contributed by atoms with E-state index in [0.717, 1.165) is 37.6 Å². The van der Waals surface area contributed by atoms with Crippen molar-refractivity contribution in [2.45, 2.75) is 24.4 Å². The highest BCUT2D eigenvalue weighted by molar-refractivity contribution is 7.99. The van der Waals surface area contributed by atoms with Gasteiger partial charge in [0.2, 0.25) is 11.9 Å². The molecule has 33 heavy (non-hydrogen) atoms. The van der Waals surface area contributed by atoms with Crippen LogP contribution in [-0.4, -0.2) is 52.7 Å². The zero-order chi connectivity index (χ0) is 22.6. The van der Waals surface area contributed by atoms with Gasteiger partial charge >= 0.3 is 0 Å². The molecule has 0 saturated carbocycles. The Labute approximate surface area is 201 Å². The molecule has 0 aliphatic carbocycles. The average molecular weight is 486 g/mol. The van der Waals surface area contributed by atoms with Gasteiger partial charge in [-0.15, -0.1) is 10.2 Å². The van der Waals surface area contributed by atoms with Crippen LogP contribution in [-0.2, 0) is 4.79 Å². The molecule has 0 radical (unpaired) electrons. The van der Waals surface area contributed by atoms with Crippen molar-refractivity contribution in [1.29, 1.82) is 0 Å². The zero-order valence-corrected chi connectivity index (χ0v) is 19.6. The van der Waals surface area contributed by atoms with Crippen molar-refractivity contribution in [3.63, 3.8) is 0 Å². The van der Waals surface area contributed by atoms with E-state index >= 15 is 0 Å². The van der Waals surface area contributed by atoms with Crippen molar-refractivity contribution < 1.29 is 14.3 Å². The van der Waals surface area contributed by atoms with Crippen molar-refractivity contribution in [3.05, 3.63) is 47.5 Å². The molecule has 172 valence electrons. The van der Waals surface area contributed by atoms with Crippen LogP contribution in [0.25, 0.3) is 5.69 Å². The largest absolute Gasteiger partial charge is 0.486 e. The van der Waals surface area contributed by atoms with Gasteiger partial charge in [-0.2, -0.15) is 0 Å². The molecular formula is C23H24ClN5O3S. The standard InChI is InChI=1S/C23H24ClN5O3S/c24-17-13-19-20(32-12-11-31-19)14-18(17)25-21(30)15-33-23-27-26-22(28-9-5-2-6-10-28)29(23)16-7-3-1-4-8-16/h1,3-4,7-8,13-14H,2,5-6,9-12,15H2,(H,25,30). The number of thioether (sulfide) groups is 1. The number of hydrogen-bond acceptors (Lipinski definition) is 7. The van der Waals surface area contributed by atoms with Crippen LogP contribution in [0.2, 0.25) is 5.02 Å². The normalized spacial score (nSPS) is 15.4. The fraction of sp³-hybridized carbons (Fsp3) is 0.348. The fourth-order valence-corrected chi connectivity index (χ4v) is 4.88. The van der Waals surface area contributed by atoms with E-state index in [9.17, 15) is 4.79 Å². The van der Waals surface area contributed by atoms with E-state index in [1.165, 1.54) is 18.2 Å². The molecule has 1 aromatic heterocycles. The molecule has 0 atom stereocenters. The number of halogens is 1. The molecule has 5 rings (SSSR count). The van der Waals surface area contributed by atoms with Crippen molar-refractivity contribution in [2.75, 3.05) is 42.3 Å². The Morgan fingerprint density at radius 2 is 1.76 bits per heavy atom. The number of anilines is 2. The third-order valence-corrected chi connectivity index (χ3v) is 6.75. The van der Waals surface area contributed by atoms with Gasteiger partial charge in [0.15, 0.2) is 16.7 Å². The van der Waals surface area contributed by atoms with E-state index in [4.69, 9.17) is 21.1 Å². The number of hydrogen-bond donors (Lipinski definition) is 1. The summed E-state index contributed by atoms with van der Waals surface area (Å²) in [5.41, 5.74) is 1.46. The summed E-state index contributed by atoms with van der Waals surface area (Å²) in [6.07, 6.45) is 3.52. The van der Waals surface area contributed by atoms with Crippen molar-refractivity contribution in [2.24, 2.45) is 0 Å². The summed E-state index contributed by atoms with van der Waals surface area (Å²) < 4.78 is 13.1. The lowest BCUT2D eigenvalue weighted by Crippen LogP contribution is -2.31. The highest BCUT2D eigenvalue weighted by Gasteiger charge is 2.22. The Kier molecular flexibility index (Phi) is 6.59. The number of piperidine rings is 1. The molecule has 2 aliphatic heterocycles. The number of nitrogens with zero attached hydrogens (tertiary/aromatic N) is 4. The van der Waals surface area contributed by atoms with Gasteiger partial charge in [-0.25, -0.2) is 0 Å². The summed E-state index contributed by atoms with van der Waals surface area (Å²) in [7, 11) is 0. The summed E-state index contributed by atoms with van der Waals surface area (Å²) in [4.78, 5) is 15.0. The molecule has 1 saturated heterocycles. The Morgan fingerprint density at radius 1 is 1.03 bits per heavy atom. The van der Waals surface area contributed by atoms with Crippen molar-refractivity contribution in [3.8, 4) is 17.2 Å². The van der Waals surface area contributed by atoms with E-state index in [1.54, 1.807) is 12.1 Å². The molecule has 8 nitrogen and oxygen atoms in total. The SMILES string of the molecule is O=C(CSc1nnc(N2CCCCC2)n1-c1ccccc1)Nc1cc2c(cc1Cl)OCCO2. The number of nitrogens with one attached hydrogen (secondary N) is 1. The predicted octanol–water partition coefficient (Wildman–Crippen LogP) is 4.41. The summed E-state index contributed by atoms with van der Waals surface area (Å²) >= 11 is 7.67. The second kappa shape index (κ2) is 9.93. The van der Waals surface area contributed by atoms with E-state index in [1.807, 2.05) is 34.9 Å². The Bertz CT molecular complexity index is 1130. The molecule has 2 aromatic carbocycles. The number of carbonyl (C=O) groups is 1. The maximum absolute atomic E-state index is 12.7. The third-order valence-electron chi connectivity index (χ3n) is 5.51. The predicted molar refractivity (Wildman–Crippen MR) is 129 cm³/mol. The van der Waals surface area contributed by atoms with Gasteiger partial charge in [0.1, 0.15) is 13.2 Å². The van der Waals surface area contributed by atoms with E-state index in [2.05, 4.69) is 20.4 Å². The number of para-hydroxylation sites is 1. The molecule has 0 unspecified atom stereocenters. The number of rotatable bonds is 6. The van der Waals surface area contributed by atoms with Crippen molar-refractivity contribution in [1.82, 2.24) is 14.8 Å². The maximum atomic E-state index is 12.7. The molecule has 10 heteroatoms. The smallest absolute Gasteiger partial charge is 0.234 e.